The van der Waals surface area contributed by atoms with Crippen LogP contribution < -0.4 is 14.2 Å². The molecule has 0 unspecified atom stereocenters. The van der Waals surface area contributed by atoms with Crippen LogP contribution in [0.2, 0.25) is 0 Å². The molecule has 0 aliphatic carbocycles. The number of hydrogen-bond donors (Lipinski definition) is 1. The minimum atomic E-state index is -3.54. The van der Waals surface area contributed by atoms with Crippen LogP contribution in [-0.2, 0) is 16.4 Å². The van der Waals surface area contributed by atoms with Crippen molar-refractivity contribution in [3.63, 3.8) is 0 Å². The zero-order valence-corrected chi connectivity index (χ0v) is 15.0. The lowest BCUT2D eigenvalue weighted by Crippen LogP contribution is -2.26. The minimum Gasteiger partial charge on any atom is -0.497 e. The molecule has 2 aromatic rings. The predicted molar refractivity (Wildman–Crippen MR) is 94.2 cm³/mol. The second-order valence-electron chi connectivity index (χ2n) is 5.36. The first kappa shape index (κ1) is 18.3. The molecule has 0 aromatic heterocycles. The topological polar surface area (TPSA) is 64.6 Å². The Morgan fingerprint density at radius 2 is 1.92 bits per heavy atom. The van der Waals surface area contributed by atoms with Crippen LogP contribution in [0.3, 0.4) is 0 Å². The fourth-order valence-electron chi connectivity index (χ4n) is 2.35. The van der Waals surface area contributed by atoms with Crippen LogP contribution in [0.1, 0.15) is 18.1 Å². The van der Waals surface area contributed by atoms with Crippen molar-refractivity contribution in [3.8, 4) is 11.5 Å². The summed E-state index contributed by atoms with van der Waals surface area (Å²) in [5.74, 6) is 1.46. The fourth-order valence-corrected chi connectivity index (χ4v) is 3.46. The number of rotatable bonds is 8. The van der Waals surface area contributed by atoms with Crippen LogP contribution in [-0.4, -0.2) is 28.7 Å². The van der Waals surface area contributed by atoms with Crippen molar-refractivity contribution in [1.29, 1.82) is 0 Å². The molecule has 24 heavy (non-hydrogen) atoms. The Labute approximate surface area is 143 Å². The first-order valence-electron chi connectivity index (χ1n) is 7.82. The van der Waals surface area contributed by atoms with Crippen molar-refractivity contribution in [2.24, 2.45) is 0 Å². The summed E-state index contributed by atoms with van der Waals surface area (Å²) in [6.07, 6.45) is 0.590. The van der Waals surface area contributed by atoms with Gasteiger partial charge in [-0.1, -0.05) is 12.1 Å². The van der Waals surface area contributed by atoms with Gasteiger partial charge in [0.25, 0.3) is 0 Å². The summed E-state index contributed by atoms with van der Waals surface area (Å²) in [6, 6.07) is 12.5. The third-order valence-electron chi connectivity index (χ3n) is 3.60. The average Bonchev–Trinajstić information content (AvgIpc) is 2.57. The number of ether oxygens (including phenoxy) is 2. The van der Waals surface area contributed by atoms with Gasteiger partial charge in [0.05, 0.1) is 18.6 Å². The first-order valence-corrected chi connectivity index (χ1v) is 9.30. The minimum absolute atomic E-state index is 0.245. The van der Waals surface area contributed by atoms with Gasteiger partial charge in [0.15, 0.2) is 0 Å². The summed E-state index contributed by atoms with van der Waals surface area (Å²) in [6.45, 7) is 4.60. The maximum absolute atomic E-state index is 12.4. The van der Waals surface area contributed by atoms with E-state index < -0.39 is 10.0 Å². The molecule has 0 aliphatic rings. The maximum Gasteiger partial charge on any atom is 0.240 e. The van der Waals surface area contributed by atoms with Crippen LogP contribution in [0.5, 0.6) is 11.5 Å². The summed E-state index contributed by atoms with van der Waals surface area (Å²) < 4.78 is 38.0. The van der Waals surface area contributed by atoms with E-state index in [1.807, 2.05) is 38.1 Å². The summed E-state index contributed by atoms with van der Waals surface area (Å²) in [5, 5.41) is 0. The van der Waals surface area contributed by atoms with Gasteiger partial charge in [0, 0.05) is 6.54 Å². The molecule has 2 rings (SSSR count). The Kier molecular flexibility index (Phi) is 6.23. The lowest BCUT2D eigenvalue weighted by molar-refractivity contribution is 0.337. The van der Waals surface area contributed by atoms with Crippen molar-refractivity contribution < 1.29 is 17.9 Å². The van der Waals surface area contributed by atoms with E-state index in [0.717, 1.165) is 16.9 Å². The van der Waals surface area contributed by atoms with Gasteiger partial charge in [-0.25, -0.2) is 13.1 Å². The number of hydrogen-bond acceptors (Lipinski definition) is 4. The molecular weight excluding hydrogens is 326 g/mol. The first-order chi connectivity index (χ1) is 11.5. The molecule has 0 saturated carbocycles. The van der Waals surface area contributed by atoms with E-state index in [0.29, 0.717) is 25.3 Å². The Balaban J connectivity index is 2.01. The summed E-state index contributed by atoms with van der Waals surface area (Å²) in [4.78, 5) is 0.245. The Morgan fingerprint density at radius 3 is 2.58 bits per heavy atom. The van der Waals surface area contributed by atoms with E-state index in [4.69, 9.17) is 9.47 Å². The average molecular weight is 349 g/mol. The van der Waals surface area contributed by atoms with E-state index in [9.17, 15) is 8.42 Å². The molecule has 0 radical (unpaired) electrons. The normalized spacial score (nSPS) is 11.3. The van der Waals surface area contributed by atoms with Crippen molar-refractivity contribution in [2.75, 3.05) is 20.3 Å². The molecule has 130 valence electrons. The van der Waals surface area contributed by atoms with Crippen LogP contribution in [0.25, 0.3) is 0 Å². The van der Waals surface area contributed by atoms with Crippen molar-refractivity contribution in [3.05, 3.63) is 53.6 Å². The zero-order valence-electron chi connectivity index (χ0n) is 14.2. The molecule has 1 N–H and O–H groups in total. The number of benzene rings is 2. The molecule has 0 bridgehead atoms. The van der Waals surface area contributed by atoms with E-state index >= 15 is 0 Å². The highest BCUT2D eigenvalue weighted by atomic mass is 32.2. The fraction of sp³-hybridized carbons (Fsp3) is 0.333. The summed E-state index contributed by atoms with van der Waals surface area (Å²) in [5.41, 5.74) is 1.81. The third kappa shape index (κ3) is 4.72. The highest BCUT2D eigenvalue weighted by molar-refractivity contribution is 7.89. The van der Waals surface area contributed by atoms with Crippen molar-refractivity contribution in [1.82, 2.24) is 4.72 Å². The second-order valence-corrected chi connectivity index (χ2v) is 7.13. The van der Waals surface area contributed by atoms with Crippen LogP contribution >= 0.6 is 0 Å². The summed E-state index contributed by atoms with van der Waals surface area (Å²) in [7, 11) is -1.93. The standard InChI is InChI=1S/C18H23NO4S/c1-4-23-18-9-8-17(12-14(18)2)24(20,21)19-11-10-15-6-5-7-16(13-15)22-3/h5-9,12-13,19H,4,10-11H2,1-3H3. The van der Waals surface area contributed by atoms with Gasteiger partial charge >= 0.3 is 0 Å². The van der Waals surface area contributed by atoms with E-state index in [-0.39, 0.29) is 4.90 Å². The van der Waals surface area contributed by atoms with Gasteiger partial charge in [-0.05, 0) is 61.7 Å². The monoisotopic (exact) mass is 349 g/mol. The van der Waals surface area contributed by atoms with Gasteiger partial charge in [0.2, 0.25) is 10.0 Å². The molecular formula is C18H23NO4S. The smallest absolute Gasteiger partial charge is 0.240 e. The molecule has 0 aliphatic heterocycles. The van der Waals surface area contributed by atoms with Crippen LogP contribution in [0.4, 0.5) is 0 Å². The van der Waals surface area contributed by atoms with Gasteiger partial charge in [-0.3, -0.25) is 0 Å². The molecule has 0 atom stereocenters. The number of aryl methyl sites for hydroxylation is 1. The van der Waals surface area contributed by atoms with Gasteiger partial charge in [-0.2, -0.15) is 0 Å². The molecule has 0 spiro atoms. The molecule has 0 amide bonds. The highest BCUT2D eigenvalue weighted by Gasteiger charge is 2.15. The lowest BCUT2D eigenvalue weighted by atomic mass is 10.1. The number of methoxy groups -OCH3 is 1. The number of sulfonamides is 1. The summed E-state index contributed by atoms with van der Waals surface area (Å²) >= 11 is 0. The lowest BCUT2D eigenvalue weighted by Gasteiger charge is -2.11. The SMILES string of the molecule is CCOc1ccc(S(=O)(=O)NCCc2cccc(OC)c2)cc1C. The van der Waals surface area contributed by atoms with Crippen molar-refractivity contribution >= 4 is 10.0 Å². The molecule has 2 aromatic carbocycles. The highest BCUT2D eigenvalue weighted by Crippen LogP contribution is 2.21. The second kappa shape index (κ2) is 8.17. The quantitative estimate of drug-likeness (QED) is 0.796. The van der Waals surface area contributed by atoms with E-state index in [2.05, 4.69) is 4.72 Å². The molecule has 0 fully saturated rings. The van der Waals surface area contributed by atoms with E-state index in [1.165, 1.54) is 0 Å². The molecule has 0 heterocycles. The Morgan fingerprint density at radius 1 is 1.12 bits per heavy atom. The van der Waals surface area contributed by atoms with Crippen LogP contribution in [0, 0.1) is 6.92 Å². The molecule has 6 heteroatoms. The van der Waals surface area contributed by atoms with Crippen molar-refractivity contribution in [2.45, 2.75) is 25.2 Å². The zero-order chi connectivity index (χ0) is 17.6. The van der Waals surface area contributed by atoms with Crippen LogP contribution in [0.15, 0.2) is 47.4 Å². The third-order valence-corrected chi connectivity index (χ3v) is 5.06. The maximum atomic E-state index is 12.4. The number of nitrogens with one attached hydrogen (secondary N) is 1. The van der Waals surface area contributed by atoms with E-state index in [1.54, 1.807) is 25.3 Å². The Hall–Kier alpha value is -2.05. The van der Waals surface area contributed by atoms with Gasteiger partial charge in [-0.15, -0.1) is 0 Å². The van der Waals surface area contributed by atoms with Gasteiger partial charge < -0.3 is 9.47 Å². The Bertz CT molecular complexity index is 787. The largest absolute Gasteiger partial charge is 0.497 e. The molecule has 0 saturated heterocycles. The molecule has 5 nitrogen and oxygen atoms in total. The predicted octanol–water partition coefficient (Wildman–Crippen LogP) is 2.92. The van der Waals surface area contributed by atoms with Gasteiger partial charge in [0.1, 0.15) is 11.5 Å².